The molecule has 5 heteroatoms. The molecule has 0 heterocycles. The summed E-state index contributed by atoms with van der Waals surface area (Å²) in [6.07, 6.45) is 1.09. The van der Waals surface area contributed by atoms with Crippen molar-refractivity contribution in [2.45, 2.75) is 13.8 Å². The van der Waals surface area contributed by atoms with Gasteiger partial charge in [-0.25, -0.2) is 4.79 Å². The number of carbonyl (C=O) groups is 1. The molecule has 0 aliphatic heterocycles. The molecule has 0 rings (SSSR count). The molecular formula is C11H22O5. The molecule has 0 spiro atoms. The minimum atomic E-state index is -0.461. The summed E-state index contributed by atoms with van der Waals surface area (Å²) in [7, 11) is 0. The molecule has 0 unspecified atom stereocenters. The van der Waals surface area contributed by atoms with Gasteiger partial charge in [0.05, 0.1) is 19.8 Å². The van der Waals surface area contributed by atoms with Crippen LogP contribution in [0.15, 0.2) is 12.7 Å². The minimum absolute atomic E-state index is 0.0184. The van der Waals surface area contributed by atoms with Crippen molar-refractivity contribution in [3.63, 3.8) is 0 Å². The Morgan fingerprint density at radius 2 is 1.81 bits per heavy atom. The fourth-order valence-corrected chi connectivity index (χ4v) is 0.631. The SMILES string of the molecule is C=CC(=O)OCCOCCO.CCOCC. The molecule has 0 atom stereocenters. The van der Waals surface area contributed by atoms with Gasteiger partial charge in [0.25, 0.3) is 0 Å². The van der Waals surface area contributed by atoms with Crippen LogP contribution in [0.2, 0.25) is 0 Å². The number of aliphatic hydroxyl groups excluding tert-OH is 1. The van der Waals surface area contributed by atoms with Crippen molar-refractivity contribution in [3.8, 4) is 0 Å². The van der Waals surface area contributed by atoms with Crippen LogP contribution in [0.25, 0.3) is 0 Å². The van der Waals surface area contributed by atoms with E-state index >= 15 is 0 Å². The Labute approximate surface area is 97.0 Å². The van der Waals surface area contributed by atoms with Gasteiger partial charge in [-0.15, -0.1) is 0 Å². The Morgan fingerprint density at radius 3 is 2.19 bits per heavy atom. The summed E-state index contributed by atoms with van der Waals surface area (Å²) in [5, 5.41) is 8.27. The fourth-order valence-electron chi connectivity index (χ4n) is 0.631. The zero-order chi connectivity index (χ0) is 12.6. The van der Waals surface area contributed by atoms with Crippen LogP contribution in [-0.2, 0) is 19.0 Å². The van der Waals surface area contributed by atoms with Crippen molar-refractivity contribution in [1.82, 2.24) is 0 Å². The molecule has 0 fully saturated rings. The third kappa shape index (κ3) is 18.8. The fraction of sp³-hybridized carbons (Fsp3) is 0.727. The number of rotatable bonds is 8. The average Bonchev–Trinajstić information content (AvgIpc) is 2.30. The number of carbonyl (C=O) groups excluding carboxylic acids is 1. The van der Waals surface area contributed by atoms with Crippen LogP contribution in [0.3, 0.4) is 0 Å². The highest BCUT2D eigenvalue weighted by Crippen LogP contribution is 1.80. The largest absolute Gasteiger partial charge is 0.460 e. The van der Waals surface area contributed by atoms with Crippen LogP contribution in [0.1, 0.15) is 13.8 Å². The Balaban J connectivity index is 0. The minimum Gasteiger partial charge on any atom is -0.460 e. The normalized spacial score (nSPS) is 8.94. The zero-order valence-corrected chi connectivity index (χ0v) is 10.1. The van der Waals surface area contributed by atoms with E-state index in [0.29, 0.717) is 6.61 Å². The van der Waals surface area contributed by atoms with E-state index in [9.17, 15) is 4.79 Å². The predicted molar refractivity (Wildman–Crippen MR) is 61.2 cm³/mol. The van der Waals surface area contributed by atoms with Gasteiger partial charge < -0.3 is 19.3 Å². The molecule has 0 radical (unpaired) electrons. The highest BCUT2D eigenvalue weighted by Gasteiger charge is 1.93. The molecule has 5 nitrogen and oxygen atoms in total. The van der Waals surface area contributed by atoms with E-state index in [4.69, 9.17) is 14.6 Å². The van der Waals surface area contributed by atoms with E-state index in [1.807, 2.05) is 13.8 Å². The van der Waals surface area contributed by atoms with Crippen molar-refractivity contribution in [1.29, 1.82) is 0 Å². The van der Waals surface area contributed by atoms with Gasteiger partial charge in [-0.3, -0.25) is 0 Å². The van der Waals surface area contributed by atoms with Gasteiger partial charge in [0.2, 0.25) is 0 Å². The van der Waals surface area contributed by atoms with E-state index in [1.54, 1.807) is 0 Å². The first-order valence-corrected chi connectivity index (χ1v) is 5.28. The second-order valence-electron chi connectivity index (χ2n) is 2.49. The van der Waals surface area contributed by atoms with Gasteiger partial charge in [0, 0.05) is 19.3 Å². The van der Waals surface area contributed by atoms with Gasteiger partial charge in [0.15, 0.2) is 0 Å². The molecule has 96 valence electrons. The average molecular weight is 234 g/mol. The van der Waals surface area contributed by atoms with Gasteiger partial charge in [-0.05, 0) is 13.8 Å². The molecule has 1 N–H and O–H groups in total. The van der Waals surface area contributed by atoms with Crippen molar-refractivity contribution in [2.24, 2.45) is 0 Å². The molecular weight excluding hydrogens is 212 g/mol. The Bertz CT molecular complexity index is 156. The predicted octanol–water partition coefficient (Wildman–Crippen LogP) is 0.767. The topological polar surface area (TPSA) is 65.0 Å². The summed E-state index contributed by atoms with van der Waals surface area (Å²) in [6, 6.07) is 0. The van der Waals surface area contributed by atoms with Crippen LogP contribution in [-0.4, -0.2) is 50.7 Å². The quantitative estimate of drug-likeness (QED) is 0.382. The molecule has 0 amide bonds. The second-order valence-corrected chi connectivity index (χ2v) is 2.49. The zero-order valence-electron chi connectivity index (χ0n) is 10.1. The maximum atomic E-state index is 10.4. The van der Waals surface area contributed by atoms with Crippen LogP contribution in [0.4, 0.5) is 0 Å². The Morgan fingerprint density at radius 1 is 1.19 bits per heavy atom. The lowest BCUT2D eigenvalue weighted by atomic mass is 10.6. The van der Waals surface area contributed by atoms with E-state index in [-0.39, 0.29) is 19.8 Å². The Kier molecular flexibility index (Phi) is 18.0. The maximum absolute atomic E-state index is 10.4. The van der Waals surface area contributed by atoms with Crippen LogP contribution in [0.5, 0.6) is 0 Å². The monoisotopic (exact) mass is 234 g/mol. The molecule has 0 bridgehead atoms. The summed E-state index contributed by atoms with van der Waals surface area (Å²) < 4.78 is 14.2. The maximum Gasteiger partial charge on any atom is 0.330 e. The molecule has 0 saturated carbocycles. The van der Waals surface area contributed by atoms with Crippen molar-refractivity contribution >= 4 is 5.97 Å². The summed E-state index contributed by atoms with van der Waals surface area (Å²) in [6.45, 7) is 9.64. The third-order valence-corrected chi connectivity index (χ3v) is 1.28. The first-order valence-electron chi connectivity index (χ1n) is 5.28. The number of hydrogen-bond donors (Lipinski definition) is 1. The van der Waals surface area contributed by atoms with Crippen molar-refractivity contribution in [2.75, 3.05) is 39.6 Å². The second kappa shape index (κ2) is 16.5. The number of hydrogen-bond acceptors (Lipinski definition) is 5. The smallest absolute Gasteiger partial charge is 0.330 e. The van der Waals surface area contributed by atoms with Gasteiger partial charge in [-0.1, -0.05) is 6.58 Å². The van der Waals surface area contributed by atoms with Gasteiger partial charge >= 0.3 is 5.97 Å². The molecule has 16 heavy (non-hydrogen) atoms. The lowest BCUT2D eigenvalue weighted by molar-refractivity contribution is -0.139. The third-order valence-electron chi connectivity index (χ3n) is 1.28. The number of esters is 1. The lowest BCUT2D eigenvalue weighted by Gasteiger charge is -2.01. The number of ether oxygens (including phenoxy) is 3. The first kappa shape index (κ1) is 17.5. The first-order chi connectivity index (χ1) is 7.72. The summed E-state index contributed by atoms with van der Waals surface area (Å²) in [4.78, 5) is 10.4. The van der Waals surface area contributed by atoms with Gasteiger partial charge in [-0.2, -0.15) is 0 Å². The molecule has 0 saturated heterocycles. The van der Waals surface area contributed by atoms with Gasteiger partial charge in [0.1, 0.15) is 6.61 Å². The van der Waals surface area contributed by atoms with Crippen molar-refractivity contribution in [3.05, 3.63) is 12.7 Å². The highest BCUT2D eigenvalue weighted by atomic mass is 16.6. The van der Waals surface area contributed by atoms with Crippen LogP contribution < -0.4 is 0 Å². The summed E-state index contributed by atoms with van der Waals surface area (Å²) >= 11 is 0. The molecule has 0 aromatic rings. The van der Waals surface area contributed by atoms with Crippen molar-refractivity contribution < 1.29 is 24.1 Å². The molecule has 0 aromatic heterocycles. The summed E-state index contributed by atoms with van der Waals surface area (Å²) in [5.41, 5.74) is 0. The molecule has 0 aliphatic carbocycles. The summed E-state index contributed by atoms with van der Waals surface area (Å²) in [5.74, 6) is -0.461. The molecule has 0 aromatic carbocycles. The van der Waals surface area contributed by atoms with Crippen LogP contribution >= 0.6 is 0 Å². The molecule has 0 aliphatic rings. The van der Waals surface area contributed by atoms with Crippen LogP contribution in [0, 0.1) is 0 Å². The van der Waals surface area contributed by atoms with E-state index in [2.05, 4.69) is 11.3 Å². The lowest BCUT2D eigenvalue weighted by Crippen LogP contribution is -2.09. The van der Waals surface area contributed by atoms with E-state index < -0.39 is 5.97 Å². The van der Waals surface area contributed by atoms with E-state index in [1.165, 1.54) is 0 Å². The Hall–Kier alpha value is -0.910. The standard InChI is InChI=1S/C7H12O4.C4H10O/c1-2-7(9)11-6-5-10-4-3-8;1-3-5-4-2/h2,8H,1,3-6H2;3-4H2,1-2H3. The highest BCUT2D eigenvalue weighted by molar-refractivity contribution is 5.81. The van der Waals surface area contributed by atoms with E-state index in [0.717, 1.165) is 19.3 Å². The number of aliphatic hydroxyl groups is 1.